The Morgan fingerprint density at radius 1 is 1.40 bits per heavy atom. The van der Waals surface area contributed by atoms with E-state index >= 15 is 0 Å². The highest BCUT2D eigenvalue weighted by atomic mass is 32.2. The van der Waals surface area contributed by atoms with Gasteiger partial charge in [-0.05, 0) is 38.1 Å². The summed E-state index contributed by atoms with van der Waals surface area (Å²) in [6, 6.07) is 3.83. The average Bonchev–Trinajstić information content (AvgIpc) is 3.35. The zero-order chi connectivity index (χ0) is 21.9. The van der Waals surface area contributed by atoms with E-state index in [9.17, 15) is 18.0 Å². The topological polar surface area (TPSA) is 110 Å². The fraction of sp³-hybridized carbons (Fsp3) is 0.526. The van der Waals surface area contributed by atoms with Crippen molar-refractivity contribution >= 4 is 33.2 Å². The van der Waals surface area contributed by atoms with Crippen LogP contribution in [0.1, 0.15) is 29.2 Å². The summed E-state index contributed by atoms with van der Waals surface area (Å²) < 4.78 is 37.4. The molecule has 1 aliphatic heterocycles. The Morgan fingerprint density at radius 2 is 2.17 bits per heavy atom. The number of carbonyl (C=O) groups is 2. The number of hydrogen-bond acceptors (Lipinski definition) is 8. The first-order chi connectivity index (χ1) is 14.2. The van der Waals surface area contributed by atoms with Crippen molar-refractivity contribution < 1.29 is 27.3 Å². The first-order valence-electron chi connectivity index (χ1n) is 9.56. The Morgan fingerprint density at radius 3 is 2.80 bits per heavy atom. The van der Waals surface area contributed by atoms with Gasteiger partial charge in [0.1, 0.15) is 10.6 Å². The number of rotatable bonds is 7. The van der Waals surface area contributed by atoms with Gasteiger partial charge in [-0.3, -0.25) is 9.59 Å². The summed E-state index contributed by atoms with van der Waals surface area (Å²) in [4.78, 5) is 27.3. The molecule has 2 aromatic heterocycles. The van der Waals surface area contributed by atoms with Crippen LogP contribution in [0.4, 0.5) is 0 Å². The average molecular weight is 456 g/mol. The van der Waals surface area contributed by atoms with Crippen molar-refractivity contribution in [3.63, 3.8) is 0 Å². The fourth-order valence-electron chi connectivity index (χ4n) is 3.41. The van der Waals surface area contributed by atoms with E-state index < -0.39 is 21.9 Å². The number of hydrogen-bond donors (Lipinski definition) is 0. The molecular weight excluding hydrogens is 430 g/mol. The Kier molecular flexibility index (Phi) is 6.94. The SMILES string of the molecule is Cc1noc(C)c1S(=O)(=O)N1CCCC(C(=O)OCC(=O)N(C)Cc2cccs2)C1. The predicted octanol–water partition coefficient (Wildman–Crippen LogP) is 1.96. The molecule has 0 radical (unpaired) electrons. The number of thiophene rings is 1. The summed E-state index contributed by atoms with van der Waals surface area (Å²) in [5.74, 6) is -1.28. The molecule has 11 heteroatoms. The maximum atomic E-state index is 13.0. The van der Waals surface area contributed by atoms with Crippen molar-refractivity contribution in [2.75, 3.05) is 26.7 Å². The second-order valence-electron chi connectivity index (χ2n) is 7.29. The van der Waals surface area contributed by atoms with Crippen molar-refractivity contribution in [1.82, 2.24) is 14.4 Å². The molecule has 1 saturated heterocycles. The van der Waals surface area contributed by atoms with Crippen LogP contribution in [0.25, 0.3) is 0 Å². The Hall–Kier alpha value is -2.24. The van der Waals surface area contributed by atoms with Gasteiger partial charge in [0, 0.05) is 25.0 Å². The number of nitrogens with zero attached hydrogens (tertiary/aromatic N) is 3. The minimum Gasteiger partial charge on any atom is -0.455 e. The third-order valence-electron chi connectivity index (χ3n) is 5.02. The number of sulfonamides is 1. The Balaban J connectivity index is 1.57. The second-order valence-corrected chi connectivity index (χ2v) is 10.2. The van der Waals surface area contributed by atoms with Crippen LogP contribution in [0, 0.1) is 19.8 Å². The van der Waals surface area contributed by atoms with Gasteiger partial charge < -0.3 is 14.2 Å². The summed E-state index contributed by atoms with van der Waals surface area (Å²) in [6.07, 6.45) is 1.03. The number of carbonyl (C=O) groups excluding carboxylic acids is 2. The van der Waals surface area contributed by atoms with Gasteiger partial charge in [-0.2, -0.15) is 4.31 Å². The van der Waals surface area contributed by atoms with Crippen molar-refractivity contribution in [3.05, 3.63) is 33.8 Å². The summed E-state index contributed by atoms with van der Waals surface area (Å²) in [7, 11) is -2.18. The molecule has 0 bridgehead atoms. The van der Waals surface area contributed by atoms with Crippen LogP contribution in [0.15, 0.2) is 26.9 Å². The number of likely N-dealkylation sites (N-methyl/N-ethyl adjacent to an activating group) is 1. The highest BCUT2D eigenvalue weighted by Gasteiger charge is 2.37. The Bertz CT molecular complexity index is 980. The van der Waals surface area contributed by atoms with E-state index in [4.69, 9.17) is 9.26 Å². The fourth-order valence-corrected chi connectivity index (χ4v) is 5.98. The van der Waals surface area contributed by atoms with E-state index in [0.717, 1.165) is 4.88 Å². The molecule has 1 atom stereocenters. The standard InChI is InChI=1S/C19H25N3O6S2/c1-13-18(14(2)28-20-13)30(25,26)22-8-4-6-15(10-22)19(24)27-12-17(23)21(3)11-16-7-5-9-29-16/h5,7,9,15H,4,6,8,10-12H2,1-3H3. The van der Waals surface area contributed by atoms with E-state index in [0.29, 0.717) is 25.9 Å². The van der Waals surface area contributed by atoms with E-state index in [1.165, 1.54) is 9.21 Å². The lowest BCUT2D eigenvalue weighted by Gasteiger charge is -2.30. The molecular formula is C19H25N3O6S2. The molecule has 1 amide bonds. The minimum atomic E-state index is -3.82. The quantitative estimate of drug-likeness (QED) is 0.587. The van der Waals surface area contributed by atoms with Gasteiger partial charge in [-0.1, -0.05) is 11.2 Å². The molecule has 1 fully saturated rings. The van der Waals surface area contributed by atoms with Crippen LogP contribution >= 0.6 is 11.3 Å². The molecule has 0 spiro atoms. The number of amides is 1. The molecule has 0 aromatic carbocycles. The molecule has 0 aliphatic carbocycles. The van der Waals surface area contributed by atoms with E-state index in [-0.39, 0.29) is 35.4 Å². The van der Waals surface area contributed by atoms with Gasteiger partial charge in [-0.25, -0.2) is 8.42 Å². The molecule has 3 rings (SSSR count). The highest BCUT2D eigenvalue weighted by molar-refractivity contribution is 7.89. The number of aryl methyl sites for hydroxylation is 2. The third kappa shape index (κ3) is 4.90. The van der Waals surface area contributed by atoms with E-state index in [1.807, 2.05) is 17.5 Å². The molecule has 3 heterocycles. The molecule has 1 aliphatic rings. The largest absolute Gasteiger partial charge is 0.455 e. The molecule has 164 valence electrons. The van der Waals surface area contributed by atoms with Crippen LogP contribution in [-0.4, -0.2) is 61.4 Å². The van der Waals surface area contributed by atoms with Crippen molar-refractivity contribution in [3.8, 4) is 0 Å². The van der Waals surface area contributed by atoms with Gasteiger partial charge in [0.05, 0.1) is 12.5 Å². The highest BCUT2D eigenvalue weighted by Crippen LogP contribution is 2.28. The smallest absolute Gasteiger partial charge is 0.310 e. The lowest BCUT2D eigenvalue weighted by molar-refractivity contribution is -0.156. The first kappa shape index (κ1) is 22.4. The molecule has 30 heavy (non-hydrogen) atoms. The lowest BCUT2D eigenvalue weighted by Crippen LogP contribution is -2.43. The monoisotopic (exact) mass is 455 g/mol. The van der Waals surface area contributed by atoms with Gasteiger partial charge in [-0.15, -0.1) is 11.3 Å². The molecule has 0 saturated carbocycles. The van der Waals surface area contributed by atoms with Gasteiger partial charge >= 0.3 is 5.97 Å². The zero-order valence-corrected chi connectivity index (χ0v) is 18.8. The predicted molar refractivity (Wildman–Crippen MR) is 109 cm³/mol. The van der Waals surface area contributed by atoms with Gasteiger partial charge in [0.2, 0.25) is 10.0 Å². The van der Waals surface area contributed by atoms with Crippen LogP contribution in [0.5, 0.6) is 0 Å². The maximum absolute atomic E-state index is 13.0. The second kappa shape index (κ2) is 9.27. The van der Waals surface area contributed by atoms with Gasteiger partial charge in [0.25, 0.3) is 5.91 Å². The number of piperidine rings is 1. The van der Waals surface area contributed by atoms with Crippen LogP contribution in [0.3, 0.4) is 0 Å². The number of esters is 1. The third-order valence-corrected chi connectivity index (χ3v) is 7.99. The molecule has 0 N–H and O–H groups in total. The number of aromatic nitrogens is 1. The van der Waals surface area contributed by atoms with Crippen LogP contribution < -0.4 is 0 Å². The summed E-state index contributed by atoms with van der Waals surface area (Å²) in [5.41, 5.74) is 0.288. The normalized spacial score (nSPS) is 17.6. The summed E-state index contributed by atoms with van der Waals surface area (Å²) >= 11 is 1.54. The first-order valence-corrected chi connectivity index (χ1v) is 11.9. The van der Waals surface area contributed by atoms with E-state index in [2.05, 4.69) is 5.16 Å². The van der Waals surface area contributed by atoms with Crippen molar-refractivity contribution in [1.29, 1.82) is 0 Å². The molecule has 1 unspecified atom stereocenters. The van der Waals surface area contributed by atoms with Crippen molar-refractivity contribution in [2.45, 2.75) is 38.1 Å². The van der Waals surface area contributed by atoms with E-state index in [1.54, 1.807) is 32.2 Å². The minimum absolute atomic E-state index is 0.00442. The van der Waals surface area contributed by atoms with Crippen LogP contribution in [-0.2, 0) is 30.9 Å². The maximum Gasteiger partial charge on any atom is 0.310 e. The molecule has 2 aromatic rings. The van der Waals surface area contributed by atoms with Crippen LogP contribution in [0.2, 0.25) is 0 Å². The van der Waals surface area contributed by atoms with Crippen molar-refractivity contribution in [2.24, 2.45) is 5.92 Å². The Labute approximate surface area is 179 Å². The summed E-state index contributed by atoms with van der Waals surface area (Å²) in [5, 5.41) is 5.64. The number of ether oxygens (including phenoxy) is 1. The van der Waals surface area contributed by atoms with Gasteiger partial charge in [0.15, 0.2) is 12.4 Å². The lowest BCUT2D eigenvalue weighted by atomic mass is 10.00. The zero-order valence-electron chi connectivity index (χ0n) is 17.2. The molecule has 9 nitrogen and oxygen atoms in total. The summed E-state index contributed by atoms with van der Waals surface area (Å²) in [6.45, 7) is 3.50.